The number of nitrogens with one attached hydrogen (secondary N) is 1. The Morgan fingerprint density at radius 1 is 1.38 bits per heavy atom. The lowest BCUT2D eigenvalue weighted by atomic mass is 9.96. The third-order valence-corrected chi connectivity index (χ3v) is 3.54. The molecule has 2 rings (SSSR count). The molecule has 0 unspecified atom stereocenters. The van der Waals surface area contributed by atoms with E-state index in [4.69, 9.17) is 15.5 Å². The number of hydrogen-bond acceptors (Lipinski definition) is 7. The van der Waals surface area contributed by atoms with E-state index in [1.165, 1.54) is 7.11 Å². The van der Waals surface area contributed by atoms with Gasteiger partial charge in [0.25, 0.3) is 5.88 Å². The average Bonchev–Trinajstić information content (AvgIpc) is 3.04. The van der Waals surface area contributed by atoms with Crippen molar-refractivity contribution in [2.24, 2.45) is 9.98 Å². The maximum atomic E-state index is 5.78. The number of nitrogen functional groups attached to an aromatic ring is 1. The van der Waals surface area contributed by atoms with E-state index in [1.807, 2.05) is 6.92 Å². The third kappa shape index (κ3) is 4.14. The van der Waals surface area contributed by atoms with Gasteiger partial charge in [-0.2, -0.15) is 0 Å². The minimum atomic E-state index is -0.184. The van der Waals surface area contributed by atoms with Gasteiger partial charge in [-0.05, 0) is 19.7 Å². The van der Waals surface area contributed by atoms with Gasteiger partial charge in [0, 0.05) is 18.2 Å². The first-order valence-electron chi connectivity index (χ1n) is 8.26. The summed E-state index contributed by atoms with van der Waals surface area (Å²) >= 11 is 0. The summed E-state index contributed by atoms with van der Waals surface area (Å²) in [6, 6.07) is 0. The van der Waals surface area contributed by atoms with Crippen LogP contribution in [0.1, 0.15) is 39.2 Å². The normalized spacial score (nSPS) is 12.6. The number of aromatic nitrogens is 4. The number of rotatable bonds is 6. The fraction of sp³-hybridized carbons (Fsp3) is 0.389. The van der Waals surface area contributed by atoms with Crippen LogP contribution in [0.5, 0.6) is 5.88 Å². The van der Waals surface area contributed by atoms with Crippen LogP contribution in [0.25, 0.3) is 11.4 Å². The summed E-state index contributed by atoms with van der Waals surface area (Å²) in [5.41, 5.74) is 8.21. The van der Waals surface area contributed by atoms with Crippen LogP contribution < -0.4 is 10.5 Å². The maximum absolute atomic E-state index is 5.78. The highest BCUT2D eigenvalue weighted by molar-refractivity contribution is 6.10. The zero-order chi connectivity index (χ0) is 19.3. The molecule has 0 spiro atoms. The van der Waals surface area contributed by atoms with Gasteiger partial charge >= 0.3 is 0 Å². The second kappa shape index (κ2) is 7.90. The standard InChI is InChI=1S/C18H25N7O/c1-7-21-11(8-9-20-5)13-14(25-17(24-13)18(2,3)4)12-10-22-15(19)16(23-12)26-6/h8-10H,5,7H2,1-4,6H3,(H2,19,22)(H,24,25)/b9-8-,21-11?. The molecule has 8 nitrogen and oxygen atoms in total. The molecule has 0 radical (unpaired) electrons. The Morgan fingerprint density at radius 2 is 2.12 bits per heavy atom. The predicted molar refractivity (Wildman–Crippen MR) is 105 cm³/mol. The van der Waals surface area contributed by atoms with Crippen LogP contribution in [-0.2, 0) is 5.41 Å². The van der Waals surface area contributed by atoms with Crippen LogP contribution in [0.3, 0.4) is 0 Å². The molecule has 3 N–H and O–H groups in total. The molecule has 0 aliphatic rings. The molecule has 2 aromatic heterocycles. The lowest BCUT2D eigenvalue weighted by Gasteiger charge is -2.14. The molecule has 8 heteroatoms. The van der Waals surface area contributed by atoms with Gasteiger partial charge in [-0.25, -0.2) is 15.0 Å². The van der Waals surface area contributed by atoms with E-state index in [9.17, 15) is 0 Å². The maximum Gasteiger partial charge on any atom is 0.257 e. The Bertz CT molecular complexity index is 844. The highest BCUT2D eigenvalue weighted by atomic mass is 16.5. The number of ether oxygens (including phenoxy) is 1. The summed E-state index contributed by atoms with van der Waals surface area (Å²) in [7, 11) is 1.50. The van der Waals surface area contributed by atoms with Gasteiger partial charge < -0.3 is 15.5 Å². The lowest BCUT2D eigenvalue weighted by Crippen LogP contribution is -2.13. The molecule has 0 bridgehead atoms. The van der Waals surface area contributed by atoms with Crippen molar-refractivity contribution in [3.05, 3.63) is 30.0 Å². The van der Waals surface area contributed by atoms with Gasteiger partial charge in [0.2, 0.25) is 0 Å². The van der Waals surface area contributed by atoms with Gasteiger partial charge in [0.1, 0.15) is 17.2 Å². The molecule has 26 heavy (non-hydrogen) atoms. The van der Waals surface area contributed by atoms with Crippen molar-refractivity contribution in [2.45, 2.75) is 33.1 Å². The van der Waals surface area contributed by atoms with Crippen molar-refractivity contribution in [3.8, 4) is 17.3 Å². The van der Waals surface area contributed by atoms with Gasteiger partial charge in [-0.1, -0.05) is 20.8 Å². The number of aromatic amines is 1. The Kier molecular flexibility index (Phi) is 5.86. The van der Waals surface area contributed by atoms with Gasteiger partial charge in [0.15, 0.2) is 5.82 Å². The molecule has 0 aromatic carbocycles. The number of H-pyrrole nitrogens is 1. The van der Waals surface area contributed by atoms with E-state index >= 15 is 0 Å². The summed E-state index contributed by atoms with van der Waals surface area (Å²) in [6.45, 7) is 12.3. The van der Waals surface area contributed by atoms with Crippen LogP contribution in [0, 0.1) is 0 Å². The van der Waals surface area contributed by atoms with Crippen molar-refractivity contribution < 1.29 is 4.74 Å². The summed E-state index contributed by atoms with van der Waals surface area (Å²) < 4.78 is 5.19. The first-order chi connectivity index (χ1) is 12.3. The number of anilines is 1. The number of methoxy groups -OCH3 is 1. The molecular weight excluding hydrogens is 330 g/mol. The van der Waals surface area contributed by atoms with Gasteiger partial charge in [0.05, 0.1) is 24.7 Å². The average molecular weight is 355 g/mol. The van der Waals surface area contributed by atoms with Crippen LogP contribution in [0.15, 0.2) is 28.5 Å². The molecule has 0 aliphatic heterocycles. The van der Waals surface area contributed by atoms with Crippen molar-refractivity contribution in [1.29, 1.82) is 0 Å². The van der Waals surface area contributed by atoms with Crippen molar-refractivity contribution in [2.75, 3.05) is 19.4 Å². The topological polar surface area (TPSA) is 114 Å². The Labute approximate surface area is 153 Å². The molecule has 0 amide bonds. The highest BCUT2D eigenvalue weighted by Crippen LogP contribution is 2.28. The van der Waals surface area contributed by atoms with Gasteiger partial charge in [-0.15, -0.1) is 0 Å². The monoisotopic (exact) mass is 355 g/mol. The fourth-order valence-corrected chi connectivity index (χ4v) is 2.25. The van der Waals surface area contributed by atoms with E-state index in [2.05, 4.69) is 52.4 Å². The van der Waals surface area contributed by atoms with E-state index in [1.54, 1.807) is 18.5 Å². The largest absolute Gasteiger partial charge is 0.478 e. The first kappa shape index (κ1) is 19.3. The van der Waals surface area contributed by atoms with Crippen molar-refractivity contribution >= 4 is 18.2 Å². The molecule has 0 fully saturated rings. The first-order valence-corrected chi connectivity index (χ1v) is 8.26. The Morgan fingerprint density at radius 3 is 2.69 bits per heavy atom. The SMILES string of the molecule is C=N/C=C\C(=NCC)c1[nH]c(C(C)(C)C)nc1-c1cnc(N)c(OC)n1. The molecule has 138 valence electrons. The van der Waals surface area contributed by atoms with Crippen LogP contribution >= 0.6 is 0 Å². The molecular formula is C18H25N7O. The molecule has 2 heterocycles. The van der Waals surface area contributed by atoms with Crippen molar-refractivity contribution in [1.82, 2.24) is 19.9 Å². The van der Waals surface area contributed by atoms with E-state index < -0.39 is 0 Å². The number of imidazole rings is 1. The molecule has 2 aromatic rings. The van der Waals surface area contributed by atoms with Crippen LogP contribution in [-0.4, -0.2) is 46.0 Å². The second-order valence-electron chi connectivity index (χ2n) is 6.57. The third-order valence-electron chi connectivity index (χ3n) is 3.54. The van der Waals surface area contributed by atoms with E-state index in [0.717, 1.165) is 11.5 Å². The number of nitrogens with zero attached hydrogens (tertiary/aromatic N) is 5. The number of hydrogen-bond donors (Lipinski definition) is 2. The minimum absolute atomic E-state index is 0.184. The Balaban J connectivity index is 2.71. The smallest absolute Gasteiger partial charge is 0.257 e. The molecule has 0 aliphatic carbocycles. The number of nitrogens with two attached hydrogens (primary N) is 1. The van der Waals surface area contributed by atoms with Gasteiger partial charge in [-0.3, -0.25) is 9.98 Å². The summed E-state index contributed by atoms with van der Waals surface area (Å²) in [6.07, 6.45) is 4.94. The molecule has 0 saturated heterocycles. The second-order valence-corrected chi connectivity index (χ2v) is 6.57. The van der Waals surface area contributed by atoms with Crippen LogP contribution in [0.4, 0.5) is 5.82 Å². The number of aliphatic imine (C=N–C) groups is 2. The summed E-state index contributed by atoms with van der Waals surface area (Å²) in [4.78, 5) is 25.0. The molecule has 0 atom stereocenters. The lowest BCUT2D eigenvalue weighted by molar-refractivity contribution is 0.399. The quantitative estimate of drug-likeness (QED) is 0.773. The number of allylic oxidation sites excluding steroid dienone is 1. The fourth-order valence-electron chi connectivity index (χ4n) is 2.25. The van der Waals surface area contributed by atoms with Crippen molar-refractivity contribution in [3.63, 3.8) is 0 Å². The van der Waals surface area contributed by atoms with E-state index in [-0.39, 0.29) is 17.1 Å². The van der Waals surface area contributed by atoms with Crippen LogP contribution in [0.2, 0.25) is 0 Å². The zero-order valence-corrected chi connectivity index (χ0v) is 15.9. The van der Waals surface area contributed by atoms with E-state index in [0.29, 0.717) is 23.6 Å². The minimum Gasteiger partial charge on any atom is -0.478 e. The summed E-state index contributed by atoms with van der Waals surface area (Å²) in [5, 5.41) is 0. The molecule has 0 saturated carbocycles. The Hall–Kier alpha value is -3.03. The predicted octanol–water partition coefficient (Wildman–Crippen LogP) is 2.78. The zero-order valence-electron chi connectivity index (χ0n) is 15.9. The highest BCUT2D eigenvalue weighted by Gasteiger charge is 2.24. The summed E-state index contributed by atoms with van der Waals surface area (Å²) in [5.74, 6) is 1.29.